The van der Waals surface area contributed by atoms with Gasteiger partial charge in [-0.05, 0) is 49.9 Å². The van der Waals surface area contributed by atoms with Crippen molar-refractivity contribution in [3.05, 3.63) is 65.4 Å². The molecule has 128 valence electrons. The second-order valence-electron chi connectivity index (χ2n) is 6.14. The number of aromatic nitrogens is 1. The summed E-state index contributed by atoms with van der Waals surface area (Å²) in [6, 6.07) is 16.0. The van der Waals surface area contributed by atoms with Crippen LogP contribution in [0.25, 0.3) is 11.5 Å². The third-order valence-corrected chi connectivity index (χ3v) is 4.70. The summed E-state index contributed by atoms with van der Waals surface area (Å²) in [6.07, 6.45) is 0. The lowest BCUT2D eigenvalue weighted by Crippen LogP contribution is -2.22. The van der Waals surface area contributed by atoms with Crippen LogP contribution in [0.5, 0.6) is 0 Å². The number of carbonyl (C=O) groups is 1. The normalized spacial score (nSPS) is 10.7. The maximum Gasteiger partial charge on any atom is 0.276 e. The molecule has 1 aromatic heterocycles. The van der Waals surface area contributed by atoms with Crippen LogP contribution in [0.2, 0.25) is 0 Å². The molecule has 0 atom stereocenters. The molecule has 1 amide bonds. The minimum absolute atomic E-state index is 0.170. The van der Waals surface area contributed by atoms with Crippen molar-refractivity contribution in [3.63, 3.8) is 0 Å². The maximum absolute atomic E-state index is 12.5. The van der Waals surface area contributed by atoms with E-state index in [1.807, 2.05) is 62.4 Å². The number of aryl methyl sites for hydroxylation is 2. The van der Waals surface area contributed by atoms with Crippen LogP contribution >= 0.6 is 11.8 Å². The van der Waals surface area contributed by atoms with Crippen LogP contribution in [0, 0.1) is 13.8 Å². The molecule has 0 aliphatic heterocycles. The van der Waals surface area contributed by atoms with Gasteiger partial charge in [0, 0.05) is 24.6 Å². The Labute approximate surface area is 151 Å². The topological polar surface area (TPSA) is 46.3 Å². The molecule has 0 aliphatic carbocycles. The fourth-order valence-electron chi connectivity index (χ4n) is 2.26. The van der Waals surface area contributed by atoms with Crippen LogP contribution in [0.15, 0.2) is 62.9 Å². The van der Waals surface area contributed by atoms with Crippen LogP contribution in [0.3, 0.4) is 0 Å². The molecule has 5 heteroatoms. The van der Waals surface area contributed by atoms with Crippen LogP contribution in [0.1, 0.15) is 21.6 Å². The molecule has 1 heterocycles. The van der Waals surface area contributed by atoms with E-state index in [9.17, 15) is 4.79 Å². The van der Waals surface area contributed by atoms with Gasteiger partial charge in [-0.15, -0.1) is 0 Å². The average Bonchev–Trinajstić information content (AvgIpc) is 3.00. The predicted octanol–water partition coefficient (Wildman–Crippen LogP) is 4.81. The number of amides is 1. The van der Waals surface area contributed by atoms with Gasteiger partial charge in [-0.25, -0.2) is 4.98 Å². The van der Waals surface area contributed by atoms with Crippen LogP contribution in [-0.2, 0) is 0 Å². The SMILES string of the molecule is Cc1ccc(Sc2oc(-c3ccc(C)cc3)nc2C(=O)N(C)C)cc1. The highest BCUT2D eigenvalue weighted by Crippen LogP contribution is 2.34. The van der Waals surface area contributed by atoms with E-state index in [4.69, 9.17) is 4.42 Å². The highest BCUT2D eigenvalue weighted by molar-refractivity contribution is 7.99. The lowest BCUT2D eigenvalue weighted by atomic mass is 10.1. The van der Waals surface area contributed by atoms with Crippen molar-refractivity contribution in [2.75, 3.05) is 14.1 Å². The van der Waals surface area contributed by atoms with Gasteiger partial charge in [0.2, 0.25) is 5.89 Å². The van der Waals surface area contributed by atoms with Gasteiger partial charge in [-0.1, -0.05) is 35.4 Å². The van der Waals surface area contributed by atoms with E-state index in [0.29, 0.717) is 16.7 Å². The van der Waals surface area contributed by atoms with Gasteiger partial charge in [-0.2, -0.15) is 0 Å². The zero-order valence-corrected chi connectivity index (χ0v) is 15.6. The first kappa shape index (κ1) is 17.3. The van der Waals surface area contributed by atoms with Crippen molar-refractivity contribution in [3.8, 4) is 11.5 Å². The lowest BCUT2D eigenvalue weighted by molar-refractivity contribution is 0.0817. The van der Waals surface area contributed by atoms with Gasteiger partial charge in [0.1, 0.15) is 0 Å². The summed E-state index contributed by atoms with van der Waals surface area (Å²) >= 11 is 1.41. The number of hydrogen-bond donors (Lipinski definition) is 0. The van der Waals surface area contributed by atoms with Gasteiger partial charge >= 0.3 is 0 Å². The van der Waals surface area contributed by atoms with E-state index in [1.165, 1.54) is 22.2 Å². The third-order valence-electron chi connectivity index (χ3n) is 3.73. The Bertz CT molecular complexity index is 881. The van der Waals surface area contributed by atoms with Crippen molar-refractivity contribution in [1.82, 2.24) is 9.88 Å². The van der Waals surface area contributed by atoms with Gasteiger partial charge < -0.3 is 9.32 Å². The maximum atomic E-state index is 12.5. The fraction of sp³-hybridized carbons (Fsp3) is 0.200. The number of nitrogens with zero attached hydrogens (tertiary/aromatic N) is 2. The second kappa shape index (κ2) is 7.15. The first-order valence-electron chi connectivity index (χ1n) is 7.98. The standard InChI is InChI=1S/C20H20N2O2S/c1-13-5-9-15(10-6-13)18-21-17(19(23)22(3)4)20(24-18)25-16-11-7-14(2)8-12-16/h5-12H,1-4H3. The highest BCUT2D eigenvalue weighted by atomic mass is 32.2. The van der Waals surface area contributed by atoms with E-state index in [-0.39, 0.29) is 5.91 Å². The van der Waals surface area contributed by atoms with Gasteiger partial charge in [-0.3, -0.25) is 4.79 Å². The summed E-state index contributed by atoms with van der Waals surface area (Å²) in [5.74, 6) is 0.288. The van der Waals surface area contributed by atoms with Crippen molar-refractivity contribution >= 4 is 17.7 Å². The number of oxazole rings is 1. The average molecular weight is 352 g/mol. The molecular formula is C20H20N2O2S. The molecule has 0 aliphatic rings. The molecule has 25 heavy (non-hydrogen) atoms. The van der Waals surface area contributed by atoms with Crippen LogP contribution < -0.4 is 0 Å². The molecule has 0 radical (unpaired) electrons. The Hall–Kier alpha value is -2.53. The van der Waals surface area contributed by atoms with Crippen molar-refractivity contribution in [1.29, 1.82) is 0 Å². The summed E-state index contributed by atoms with van der Waals surface area (Å²) in [5.41, 5.74) is 3.54. The quantitative estimate of drug-likeness (QED) is 0.676. The molecule has 2 aromatic carbocycles. The van der Waals surface area contributed by atoms with Crippen LogP contribution in [-0.4, -0.2) is 29.9 Å². The van der Waals surface area contributed by atoms with Gasteiger partial charge in [0.05, 0.1) is 0 Å². The van der Waals surface area contributed by atoms with Gasteiger partial charge in [0.15, 0.2) is 10.8 Å². The summed E-state index contributed by atoms with van der Waals surface area (Å²) < 4.78 is 5.95. The zero-order chi connectivity index (χ0) is 18.0. The molecule has 3 aromatic rings. The molecular weight excluding hydrogens is 332 g/mol. The Morgan fingerprint density at radius 2 is 1.52 bits per heavy atom. The highest BCUT2D eigenvalue weighted by Gasteiger charge is 2.23. The molecule has 0 spiro atoms. The molecule has 3 rings (SSSR count). The van der Waals surface area contributed by atoms with Crippen molar-refractivity contribution in [2.45, 2.75) is 23.8 Å². The fourth-order valence-corrected chi connectivity index (χ4v) is 3.09. The zero-order valence-electron chi connectivity index (χ0n) is 14.7. The minimum atomic E-state index is -0.170. The van der Waals surface area contributed by atoms with E-state index in [1.54, 1.807) is 14.1 Å². The van der Waals surface area contributed by atoms with Crippen molar-refractivity contribution in [2.24, 2.45) is 0 Å². The van der Waals surface area contributed by atoms with Crippen molar-refractivity contribution < 1.29 is 9.21 Å². The first-order chi connectivity index (χ1) is 11.9. The summed E-state index contributed by atoms with van der Waals surface area (Å²) in [6.45, 7) is 4.07. The van der Waals surface area contributed by atoms with Gasteiger partial charge in [0.25, 0.3) is 5.91 Å². The first-order valence-corrected chi connectivity index (χ1v) is 8.80. The molecule has 0 saturated heterocycles. The number of carbonyl (C=O) groups excluding carboxylic acids is 1. The molecule has 0 saturated carbocycles. The van der Waals surface area contributed by atoms with E-state index < -0.39 is 0 Å². The number of benzene rings is 2. The third kappa shape index (κ3) is 3.94. The summed E-state index contributed by atoms with van der Waals surface area (Å²) in [7, 11) is 3.42. The second-order valence-corrected chi connectivity index (χ2v) is 7.18. The Balaban J connectivity index is 2.00. The molecule has 0 N–H and O–H groups in total. The predicted molar refractivity (Wildman–Crippen MR) is 100.0 cm³/mol. The van der Waals surface area contributed by atoms with E-state index in [2.05, 4.69) is 4.98 Å². The Morgan fingerprint density at radius 3 is 2.08 bits per heavy atom. The largest absolute Gasteiger partial charge is 0.429 e. The Kier molecular flexibility index (Phi) is 4.95. The monoisotopic (exact) mass is 352 g/mol. The van der Waals surface area contributed by atoms with E-state index >= 15 is 0 Å². The Morgan fingerprint density at radius 1 is 0.960 bits per heavy atom. The summed E-state index contributed by atoms with van der Waals surface area (Å²) in [5, 5.41) is 0.512. The lowest BCUT2D eigenvalue weighted by Gasteiger charge is -2.08. The minimum Gasteiger partial charge on any atom is -0.429 e. The number of rotatable bonds is 4. The van der Waals surface area contributed by atoms with Crippen LogP contribution in [0.4, 0.5) is 0 Å². The smallest absolute Gasteiger partial charge is 0.276 e. The summed E-state index contributed by atoms with van der Waals surface area (Å²) in [4.78, 5) is 19.5. The molecule has 0 unspecified atom stereocenters. The molecule has 0 bridgehead atoms. The molecule has 0 fully saturated rings. The van der Waals surface area contributed by atoms with E-state index in [0.717, 1.165) is 16.0 Å². The molecule has 4 nitrogen and oxygen atoms in total. The number of hydrogen-bond acceptors (Lipinski definition) is 4.